The van der Waals surface area contributed by atoms with Gasteiger partial charge in [-0.05, 0) is 25.8 Å². The first kappa shape index (κ1) is 11.8. The van der Waals surface area contributed by atoms with E-state index in [0.29, 0.717) is 13.0 Å². The van der Waals surface area contributed by atoms with E-state index in [2.05, 4.69) is 5.32 Å². The summed E-state index contributed by atoms with van der Waals surface area (Å²) in [5.41, 5.74) is 0. The van der Waals surface area contributed by atoms with Crippen molar-refractivity contribution in [1.82, 2.24) is 10.2 Å². The molecule has 1 N–H and O–H groups in total. The Bertz CT molecular complexity index is 283. The Hall–Kier alpha value is -0.710. The third kappa shape index (κ3) is 2.05. The van der Waals surface area contributed by atoms with E-state index >= 15 is 0 Å². The molecule has 0 unspecified atom stereocenters. The van der Waals surface area contributed by atoms with Gasteiger partial charge in [0.2, 0.25) is 5.91 Å². The summed E-state index contributed by atoms with van der Waals surface area (Å²) in [6.07, 6.45) is 1.41. The minimum Gasteiger partial charge on any atom is -0.341 e. The predicted octanol–water partition coefficient (Wildman–Crippen LogP) is 1.10. The summed E-state index contributed by atoms with van der Waals surface area (Å²) in [6.45, 7) is 0.990. The van der Waals surface area contributed by atoms with Gasteiger partial charge in [0.05, 0.1) is 6.54 Å². The van der Waals surface area contributed by atoms with Crippen LogP contribution in [0.5, 0.6) is 0 Å². The summed E-state index contributed by atoms with van der Waals surface area (Å²) >= 11 is 0. The minimum atomic E-state index is -2.57. The van der Waals surface area contributed by atoms with Gasteiger partial charge in [0, 0.05) is 25.4 Å². The number of hydrogen-bond donors (Lipinski definition) is 1. The molecule has 0 radical (unpaired) electrons. The average molecular weight is 232 g/mol. The Balaban J connectivity index is 2.02. The number of rotatable bonds is 2. The van der Waals surface area contributed by atoms with Crippen molar-refractivity contribution in [2.24, 2.45) is 11.8 Å². The maximum atomic E-state index is 13.6. The summed E-state index contributed by atoms with van der Waals surface area (Å²) in [5.74, 6) is -3.24. The third-order valence-electron chi connectivity index (χ3n) is 3.75. The van der Waals surface area contributed by atoms with Gasteiger partial charge in [0.15, 0.2) is 0 Å². The van der Waals surface area contributed by atoms with Crippen molar-refractivity contribution in [3.8, 4) is 0 Å². The molecule has 2 atom stereocenters. The Kier molecular flexibility index (Phi) is 3.15. The second kappa shape index (κ2) is 4.28. The zero-order valence-corrected chi connectivity index (χ0v) is 9.51. The molecule has 0 bridgehead atoms. The largest absolute Gasteiger partial charge is 0.341 e. The van der Waals surface area contributed by atoms with E-state index in [9.17, 15) is 13.6 Å². The number of hydrogen-bond acceptors (Lipinski definition) is 2. The summed E-state index contributed by atoms with van der Waals surface area (Å²) < 4.78 is 27.3. The fourth-order valence-corrected chi connectivity index (χ4v) is 2.89. The zero-order chi connectivity index (χ0) is 11.8. The number of alkyl halides is 2. The Morgan fingerprint density at radius 2 is 2.25 bits per heavy atom. The van der Waals surface area contributed by atoms with Crippen LogP contribution in [0, 0.1) is 11.8 Å². The molecule has 16 heavy (non-hydrogen) atoms. The smallest absolute Gasteiger partial charge is 0.252 e. The highest BCUT2D eigenvalue weighted by molar-refractivity contribution is 5.78. The number of amides is 1. The Labute approximate surface area is 94.2 Å². The summed E-state index contributed by atoms with van der Waals surface area (Å²) in [4.78, 5) is 13.2. The molecule has 0 spiro atoms. The molecular formula is C11H18F2N2O. The number of nitrogens with one attached hydrogen (secondary N) is 1. The van der Waals surface area contributed by atoms with Crippen molar-refractivity contribution in [2.75, 3.05) is 26.7 Å². The maximum absolute atomic E-state index is 13.6. The van der Waals surface area contributed by atoms with Gasteiger partial charge >= 0.3 is 0 Å². The fraction of sp³-hybridized carbons (Fsp3) is 0.909. The lowest BCUT2D eigenvalue weighted by Gasteiger charge is -2.32. The predicted molar refractivity (Wildman–Crippen MR) is 56.3 cm³/mol. The standard InChI is InChI=1S/C11H18F2N2O/c1-14-5-10(16)15-6-8-3-2-4-11(12,13)9(8)7-15/h8-9,14H,2-7H2,1H3/t8-,9-/m0/s1. The van der Waals surface area contributed by atoms with Crippen molar-refractivity contribution in [3.63, 3.8) is 0 Å². The number of carbonyl (C=O) groups excluding carboxylic acids is 1. The molecule has 1 saturated carbocycles. The van der Waals surface area contributed by atoms with Crippen molar-refractivity contribution in [1.29, 1.82) is 0 Å². The topological polar surface area (TPSA) is 32.3 Å². The molecule has 2 aliphatic rings. The highest BCUT2D eigenvalue weighted by Gasteiger charge is 2.51. The lowest BCUT2D eigenvalue weighted by molar-refractivity contribution is -0.130. The number of likely N-dealkylation sites (tertiary alicyclic amines) is 1. The zero-order valence-electron chi connectivity index (χ0n) is 9.51. The van der Waals surface area contributed by atoms with Crippen LogP contribution in [0.2, 0.25) is 0 Å². The molecule has 0 aromatic carbocycles. The van der Waals surface area contributed by atoms with Crippen LogP contribution in [0.15, 0.2) is 0 Å². The molecule has 0 aromatic rings. The Morgan fingerprint density at radius 1 is 1.50 bits per heavy atom. The van der Waals surface area contributed by atoms with Gasteiger partial charge in [-0.25, -0.2) is 8.78 Å². The molecule has 92 valence electrons. The molecule has 5 heteroatoms. The molecule has 2 rings (SSSR count). The molecule has 1 heterocycles. The molecule has 1 saturated heterocycles. The second-order valence-electron chi connectivity index (χ2n) is 4.85. The van der Waals surface area contributed by atoms with Gasteiger partial charge in [0.1, 0.15) is 0 Å². The van der Waals surface area contributed by atoms with E-state index < -0.39 is 11.8 Å². The molecule has 2 fully saturated rings. The van der Waals surface area contributed by atoms with E-state index in [1.165, 1.54) is 0 Å². The van der Waals surface area contributed by atoms with Crippen LogP contribution in [-0.2, 0) is 4.79 Å². The van der Waals surface area contributed by atoms with Crippen LogP contribution < -0.4 is 5.32 Å². The number of likely N-dealkylation sites (N-methyl/N-ethyl adjacent to an activating group) is 1. The Morgan fingerprint density at radius 3 is 2.88 bits per heavy atom. The minimum absolute atomic E-state index is 0.00422. The lowest BCUT2D eigenvalue weighted by atomic mass is 9.79. The van der Waals surface area contributed by atoms with Gasteiger partial charge in [-0.1, -0.05) is 0 Å². The number of carbonyl (C=O) groups is 1. The van der Waals surface area contributed by atoms with Crippen molar-refractivity contribution >= 4 is 5.91 Å². The normalized spacial score (nSPS) is 32.6. The number of halogens is 2. The summed E-state index contributed by atoms with van der Waals surface area (Å²) in [6, 6.07) is 0. The first-order chi connectivity index (χ1) is 7.54. The van der Waals surface area contributed by atoms with Gasteiger partial charge < -0.3 is 10.2 Å². The first-order valence-corrected chi connectivity index (χ1v) is 5.85. The molecular weight excluding hydrogens is 214 g/mol. The van der Waals surface area contributed by atoms with Gasteiger partial charge in [-0.3, -0.25) is 4.79 Å². The summed E-state index contributed by atoms with van der Waals surface area (Å²) in [5, 5.41) is 2.77. The van der Waals surface area contributed by atoms with Crippen LogP contribution in [0.4, 0.5) is 8.78 Å². The van der Waals surface area contributed by atoms with Crippen LogP contribution in [0.3, 0.4) is 0 Å². The van der Waals surface area contributed by atoms with E-state index in [1.54, 1.807) is 11.9 Å². The van der Waals surface area contributed by atoms with Crippen molar-refractivity contribution in [2.45, 2.75) is 25.2 Å². The first-order valence-electron chi connectivity index (χ1n) is 5.85. The average Bonchev–Trinajstić information content (AvgIpc) is 2.63. The van der Waals surface area contributed by atoms with Gasteiger partial charge in [-0.2, -0.15) is 0 Å². The van der Waals surface area contributed by atoms with E-state index in [-0.39, 0.29) is 31.3 Å². The van der Waals surface area contributed by atoms with E-state index in [0.717, 1.165) is 6.42 Å². The van der Waals surface area contributed by atoms with E-state index in [4.69, 9.17) is 0 Å². The van der Waals surface area contributed by atoms with Crippen molar-refractivity contribution in [3.05, 3.63) is 0 Å². The molecule has 1 aliphatic heterocycles. The second-order valence-corrected chi connectivity index (χ2v) is 4.85. The van der Waals surface area contributed by atoms with Gasteiger partial charge in [0.25, 0.3) is 5.92 Å². The fourth-order valence-electron chi connectivity index (χ4n) is 2.89. The molecule has 3 nitrogen and oxygen atoms in total. The maximum Gasteiger partial charge on any atom is 0.252 e. The van der Waals surface area contributed by atoms with Gasteiger partial charge in [-0.15, -0.1) is 0 Å². The van der Waals surface area contributed by atoms with Crippen LogP contribution in [-0.4, -0.2) is 43.4 Å². The van der Waals surface area contributed by atoms with Crippen LogP contribution in [0.1, 0.15) is 19.3 Å². The summed E-state index contributed by atoms with van der Waals surface area (Å²) in [7, 11) is 1.69. The monoisotopic (exact) mass is 232 g/mol. The highest BCUT2D eigenvalue weighted by Crippen LogP contribution is 2.45. The number of nitrogens with zero attached hydrogens (tertiary/aromatic N) is 1. The highest BCUT2D eigenvalue weighted by atomic mass is 19.3. The lowest BCUT2D eigenvalue weighted by Crippen LogP contribution is -2.39. The molecule has 1 aliphatic carbocycles. The SMILES string of the molecule is CNCC(=O)N1C[C@@H]2CCCC(F)(F)[C@H]2C1. The molecule has 1 amide bonds. The molecule has 0 aromatic heterocycles. The van der Waals surface area contributed by atoms with Crippen molar-refractivity contribution < 1.29 is 13.6 Å². The third-order valence-corrected chi connectivity index (χ3v) is 3.75. The number of fused-ring (bicyclic) bond motifs is 1. The van der Waals surface area contributed by atoms with Crippen LogP contribution in [0.25, 0.3) is 0 Å². The quantitative estimate of drug-likeness (QED) is 0.773. The van der Waals surface area contributed by atoms with E-state index in [1.807, 2.05) is 0 Å². The van der Waals surface area contributed by atoms with Crippen LogP contribution >= 0.6 is 0 Å².